The van der Waals surface area contributed by atoms with Crippen molar-refractivity contribution in [3.05, 3.63) is 0 Å². The maximum atomic E-state index is 5.49. The van der Waals surface area contributed by atoms with E-state index in [2.05, 4.69) is 10.2 Å². The molecule has 2 rings (SSSR count). The lowest BCUT2D eigenvalue weighted by atomic mass is 9.79. The van der Waals surface area contributed by atoms with Gasteiger partial charge in [0.2, 0.25) is 0 Å². The van der Waals surface area contributed by atoms with Crippen molar-refractivity contribution in [1.82, 2.24) is 10.2 Å². The Bertz CT molecular complexity index is 121. The van der Waals surface area contributed by atoms with Crippen molar-refractivity contribution in [2.75, 3.05) is 32.8 Å². The molecule has 58 valence electrons. The van der Waals surface area contributed by atoms with Crippen molar-refractivity contribution in [2.45, 2.75) is 6.42 Å². The normalized spacial score (nSPS) is 30.9. The summed E-state index contributed by atoms with van der Waals surface area (Å²) in [5.41, 5.74) is 6.11. The van der Waals surface area contributed by atoms with Gasteiger partial charge in [0, 0.05) is 31.7 Å². The molecule has 0 aromatic carbocycles. The molecule has 3 heteroatoms. The Balaban J connectivity index is 1.86. The lowest BCUT2D eigenvalue weighted by Gasteiger charge is -2.47. The van der Waals surface area contributed by atoms with Gasteiger partial charge in [-0.05, 0) is 13.0 Å². The van der Waals surface area contributed by atoms with Gasteiger partial charge in [-0.15, -0.1) is 0 Å². The van der Waals surface area contributed by atoms with E-state index in [0.29, 0.717) is 5.41 Å². The SMILES string of the molecule is NCN1CC2(CCNC2)C1. The summed E-state index contributed by atoms with van der Waals surface area (Å²) in [5, 5.41) is 3.39. The van der Waals surface area contributed by atoms with E-state index in [-0.39, 0.29) is 0 Å². The van der Waals surface area contributed by atoms with Crippen LogP contribution in [0.25, 0.3) is 0 Å². The van der Waals surface area contributed by atoms with Gasteiger partial charge < -0.3 is 11.1 Å². The summed E-state index contributed by atoms with van der Waals surface area (Å²) >= 11 is 0. The first-order valence-electron chi connectivity index (χ1n) is 3.98. The van der Waals surface area contributed by atoms with E-state index in [1.807, 2.05) is 0 Å². The number of rotatable bonds is 1. The first-order valence-corrected chi connectivity index (χ1v) is 3.98. The average Bonchev–Trinajstić information content (AvgIpc) is 2.30. The number of nitrogens with zero attached hydrogens (tertiary/aromatic N) is 1. The van der Waals surface area contributed by atoms with E-state index < -0.39 is 0 Å². The molecule has 2 aliphatic heterocycles. The maximum Gasteiger partial charge on any atom is 0.0455 e. The van der Waals surface area contributed by atoms with Crippen LogP contribution >= 0.6 is 0 Å². The highest BCUT2D eigenvalue weighted by Crippen LogP contribution is 2.34. The first kappa shape index (κ1) is 6.58. The fraction of sp³-hybridized carbons (Fsp3) is 1.00. The quantitative estimate of drug-likeness (QED) is 0.502. The predicted octanol–water partition coefficient (Wildman–Crippen LogP) is -0.802. The van der Waals surface area contributed by atoms with Gasteiger partial charge in [-0.2, -0.15) is 0 Å². The van der Waals surface area contributed by atoms with Crippen molar-refractivity contribution in [2.24, 2.45) is 11.1 Å². The van der Waals surface area contributed by atoms with Crippen molar-refractivity contribution in [1.29, 1.82) is 0 Å². The molecular formula is C7H15N3. The Morgan fingerprint density at radius 3 is 2.80 bits per heavy atom. The summed E-state index contributed by atoms with van der Waals surface area (Å²) in [6, 6.07) is 0. The van der Waals surface area contributed by atoms with Gasteiger partial charge in [-0.25, -0.2) is 0 Å². The summed E-state index contributed by atoms with van der Waals surface area (Å²) in [6.07, 6.45) is 1.35. The average molecular weight is 141 g/mol. The van der Waals surface area contributed by atoms with Crippen LogP contribution in [0.1, 0.15) is 6.42 Å². The maximum absolute atomic E-state index is 5.49. The molecule has 0 atom stereocenters. The molecule has 2 aliphatic rings. The minimum Gasteiger partial charge on any atom is -0.318 e. The van der Waals surface area contributed by atoms with Gasteiger partial charge in [0.25, 0.3) is 0 Å². The molecule has 3 N–H and O–H groups in total. The zero-order chi connectivity index (χ0) is 7.03. The van der Waals surface area contributed by atoms with Gasteiger partial charge in [0.15, 0.2) is 0 Å². The summed E-state index contributed by atoms with van der Waals surface area (Å²) in [7, 11) is 0. The number of nitrogens with one attached hydrogen (secondary N) is 1. The molecule has 2 fully saturated rings. The minimum absolute atomic E-state index is 0.624. The van der Waals surface area contributed by atoms with Crippen LogP contribution in [0.15, 0.2) is 0 Å². The summed E-state index contributed by atoms with van der Waals surface area (Å²) in [4.78, 5) is 2.30. The van der Waals surface area contributed by atoms with Crippen LogP contribution in [0.5, 0.6) is 0 Å². The van der Waals surface area contributed by atoms with Crippen molar-refractivity contribution >= 4 is 0 Å². The van der Waals surface area contributed by atoms with Crippen molar-refractivity contribution < 1.29 is 0 Å². The van der Waals surface area contributed by atoms with E-state index >= 15 is 0 Å². The van der Waals surface area contributed by atoms with Gasteiger partial charge in [-0.3, -0.25) is 4.90 Å². The molecule has 1 spiro atoms. The van der Waals surface area contributed by atoms with Crippen LogP contribution in [-0.4, -0.2) is 37.7 Å². The predicted molar refractivity (Wildman–Crippen MR) is 40.5 cm³/mol. The van der Waals surface area contributed by atoms with Crippen LogP contribution < -0.4 is 11.1 Å². The van der Waals surface area contributed by atoms with Gasteiger partial charge in [0.1, 0.15) is 0 Å². The third-order valence-corrected chi connectivity index (χ3v) is 2.71. The second kappa shape index (κ2) is 2.19. The molecule has 0 bridgehead atoms. The van der Waals surface area contributed by atoms with Crippen molar-refractivity contribution in [3.8, 4) is 0 Å². The van der Waals surface area contributed by atoms with Crippen molar-refractivity contribution in [3.63, 3.8) is 0 Å². The van der Waals surface area contributed by atoms with E-state index in [0.717, 1.165) is 6.67 Å². The highest BCUT2D eigenvalue weighted by atomic mass is 15.3. The first-order chi connectivity index (χ1) is 4.85. The van der Waals surface area contributed by atoms with Crippen LogP contribution in [0.4, 0.5) is 0 Å². The fourth-order valence-electron chi connectivity index (χ4n) is 2.10. The molecule has 0 unspecified atom stereocenters. The Labute approximate surface area is 61.6 Å². The number of hydrogen-bond acceptors (Lipinski definition) is 3. The summed E-state index contributed by atoms with van der Waals surface area (Å²) in [5.74, 6) is 0. The minimum atomic E-state index is 0.624. The molecule has 0 radical (unpaired) electrons. The highest BCUT2D eigenvalue weighted by Gasteiger charge is 2.43. The van der Waals surface area contributed by atoms with Crippen LogP contribution in [-0.2, 0) is 0 Å². The molecule has 2 heterocycles. The molecule has 0 saturated carbocycles. The zero-order valence-corrected chi connectivity index (χ0v) is 6.27. The Morgan fingerprint density at radius 2 is 2.30 bits per heavy atom. The van der Waals surface area contributed by atoms with E-state index in [4.69, 9.17) is 5.73 Å². The Kier molecular flexibility index (Phi) is 1.44. The topological polar surface area (TPSA) is 41.3 Å². The standard InChI is InChI=1S/C7H15N3/c8-6-10-4-7(5-10)1-2-9-3-7/h9H,1-6,8H2. The molecular weight excluding hydrogens is 126 g/mol. The lowest BCUT2D eigenvalue weighted by molar-refractivity contribution is 0.0194. The molecule has 2 saturated heterocycles. The molecule has 3 nitrogen and oxygen atoms in total. The van der Waals surface area contributed by atoms with Gasteiger partial charge in [0.05, 0.1) is 0 Å². The molecule has 0 amide bonds. The summed E-state index contributed by atoms with van der Waals surface area (Å²) in [6.45, 7) is 5.59. The molecule has 0 aromatic heterocycles. The number of likely N-dealkylation sites (tertiary alicyclic amines) is 1. The van der Waals surface area contributed by atoms with E-state index in [1.54, 1.807) is 0 Å². The van der Waals surface area contributed by atoms with Gasteiger partial charge >= 0.3 is 0 Å². The Morgan fingerprint density at radius 1 is 1.50 bits per heavy atom. The van der Waals surface area contributed by atoms with E-state index in [9.17, 15) is 0 Å². The second-order valence-electron chi connectivity index (χ2n) is 3.60. The number of hydrogen-bond donors (Lipinski definition) is 2. The number of nitrogens with two attached hydrogens (primary N) is 1. The molecule has 0 aliphatic carbocycles. The molecule has 10 heavy (non-hydrogen) atoms. The second-order valence-corrected chi connectivity index (χ2v) is 3.60. The largest absolute Gasteiger partial charge is 0.318 e. The highest BCUT2D eigenvalue weighted by molar-refractivity contribution is 4.99. The fourth-order valence-corrected chi connectivity index (χ4v) is 2.10. The monoisotopic (exact) mass is 141 g/mol. The third kappa shape index (κ3) is 0.856. The van der Waals surface area contributed by atoms with Gasteiger partial charge in [-0.1, -0.05) is 0 Å². The smallest absolute Gasteiger partial charge is 0.0455 e. The zero-order valence-electron chi connectivity index (χ0n) is 6.27. The lowest BCUT2D eigenvalue weighted by Crippen LogP contribution is -2.58. The van der Waals surface area contributed by atoms with E-state index in [1.165, 1.54) is 32.6 Å². The molecule has 0 aromatic rings. The third-order valence-electron chi connectivity index (χ3n) is 2.71. The van der Waals surface area contributed by atoms with Crippen LogP contribution in [0.2, 0.25) is 0 Å². The Hall–Kier alpha value is -0.120. The van der Waals surface area contributed by atoms with Crippen LogP contribution in [0, 0.1) is 5.41 Å². The van der Waals surface area contributed by atoms with Crippen LogP contribution in [0.3, 0.4) is 0 Å². The summed E-state index contributed by atoms with van der Waals surface area (Å²) < 4.78 is 0.